The molecule has 0 unspecified atom stereocenters. The van der Waals surface area contributed by atoms with Crippen LogP contribution in [0.4, 0.5) is 5.95 Å². The van der Waals surface area contributed by atoms with Crippen molar-refractivity contribution in [3.8, 4) is 0 Å². The number of hydrogen-bond acceptors (Lipinski definition) is 3. The Morgan fingerprint density at radius 1 is 1.06 bits per heavy atom. The number of rotatable bonds is 2. The van der Waals surface area contributed by atoms with Crippen LogP contribution < -0.4 is 5.32 Å². The second kappa shape index (κ2) is 4.70. The van der Waals surface area contributed by atoms with E-state index >= 15 is 0 Å². The fraction of sp³-hybridized carbons (Fsp3) is 0.429. The first-order valence-electron chi connectivity index (χ1n) is 6.40. The van der Waals surface area contributed by atoms with Gasteiger partial charge >= 0.3 is 0 Å². The van der Waals surface area contributed by atoms with Crippen molar-refractivity contribution in [2.24, 2.45) is 0 Å². The maximum absolute atomic E-state index is 4.55. The molecule has 2 aromatic rings. The summed E-state index contributed by atoms with van der Waals surface area (Å²) in [7, 11) is 0. The van der Waals surface area contributed by atoms with E-state index in [2.05, 4.69) is 15.3 Å². The van der Waals surface area contributed by atoms with Crippen molar-refractivity contribution in [3.05, 3.63) is 30.5 Å². The lowest BCUT2D eigenvalue weighted by molar-refractivity contribution is 0.461. The molecule has 3 nitrogen and oxygen atoms in total. The Kier molecular flexibility index (Phi) is 2.90. The lowest BCUT2D eigenvalue weighted by atomic mass is 9.96. The molecule has 1 saturated carbocycles. The second-order valence-electron chi connectivity index (χ2n) is 4.73. The quantitative estimate of drug-likeness (QED) is 0.854. The summed E-state index contributed by atoms with van der Waals surface area (Å²) in [5.74, 6) is 0.774. The lowest BCUT2D eigenvalue weighted by Gasteiger charge is -2.22. The van der Waals surface area contributed by atoms with Crippen LogP contribution in [0.1, 0.15) is 32.1 Å². The summed E-state index contributed by atoms with van der Waals surface area (Å²) in [6.45, 7) is 0. The molecule has 1 aliphatic rings. The third-order valence-electron chi connectivity index (χ3n) is 3.43. The van der Waals surface area contributed by atoms with Gasteiger partial charge in [-0.15, -0.1) is 0 Å². The molecular formula is C14H17N3. The summed E-state index contributed by atoms with van der Waals surface area (Å²) in [5, 5.41) is 4.55. The van der Waals surface area contributed by atoms with Gasteiger partial charge in [-0.3, -0.25) is 0 Å². The van der Waals surface area contributed by atoms with Crippen molar-refractivity contribution in [3.63, 3.8) is 0 Å². The number of para-hydroxylation sites is 1. The van der Waals surface area contributed by atoms with Crippen LogP contribution in [0.15, 0.2) is 30.5 Å². The van der Waals surface area contributed by atoms with E-state index in [9.17, 15) is 0 Å². The van der Waals surface area contributed by atoms with Crippen LogP contribution in [0.5, 0.6) is 0 Å². The summed E-state index contributed by atoms with van der Waals surface area (Å²) < 4.78 is 0. The summed E-state index contributed by atoms with van der Waals surface area (Å²) in [4.78, 5) is 8.93. The van der Waals surface area contributed by atoms with E-state index in [1.54, 1.807) is 0 Å². The highest BCUT2D eigenvalue weighted by atomic mass is 15.1. The first kappa shape index (κ1) is 10.5. The monoisotopic (exact) mass is 227 g/mol. The highest BCUT2D eigenvalue weighted by molar-refractivity contribution is 5.78. The molecule has 0 radical (unpaired) electrons. The van der Waals surface area contributed by atoms with Crippen molar-refractivity contribution in [1.29, 1.82) is 0 Å². The van der Waals surface area contributed by atoms with Gasteiger partial charge in [0.15, 0.2) is 0 Å². The molecule has 1 heterocycles. The van der Waals surface area contributed by atoms with Crippen LogP contribution in [0.25, 0.3) is 10.9 Å². The van der Waals surface area contributed by atoms with E-state index in [-0.39, 0.29) is 0 Å². The molecule has 88 valence electrons. The summed E-state index contributed by atoms with van der Waals surface area (Å²) in [6, 6.07) is 8.66. The first-order chi connectivity index (χ1) is 8.42. The Hall–Kier alpha value is -1.64. The van der Waals surface area contributed by atoms with Crippen LogP contribution in [0, 0.1) is 0 Å². The van der Waals surface area contributed by atoms with Gasteiger partial charge < -0.3 is 5.32 Å². The Morgan fingerprint density at radius 3 is 2.76 bits per heavy atom. The van der Waals surface area contributed by atoms with Crippen molar-refractivity contribution in [1.82, 2.24) is 9.97 Å². The van der Waals surface area contributed by atoms with Gasteiger partial charge in [0, 0.05) is 17.6 Å². The van der Waals surface area contributed by atoms with Gasteiger partial charge in [-0.25, -0.2) is 9.97 Å². The molecule has 0 saturated heterocycles. The highest BCUT2D eigenvalue weighted by Gasteiger charge is 2.13. The third kappa shape index (κ3) is 2.38. The van der Waals surface area contributed by atoms with Crippen molar-refractivity contribution in [2.45, 2.75) is 38.1 Å². The normalized spacial score (nSPS) is 17.2. The van der Waals surface area contributed by atoms with Crippen LogP contribution in [0.3, 0.4) is 0 Å². The molecule has 3 rings (SSSR count). The van der Waals surface area contributed by atoms with Gasteiger partial charge in [-0.05, 0) is 18.9 Å². The molecule has 3 heteroatoms. The van der Waals surface area contributed by atoms with Crippen molar-refractivity contribution in [2.75, 3.05) is 5.32 Å². The van der Waals surface area contributed by atoms with Crippen LogP contribution in [-0.2, 0) is 0 Å². The maximum Gasteiger partial charge on any atom is 0.223 e. The van der Waals surface area contributed by atoms with E-state index in [1.165, 1.54) is 32.1 Å². The Bertz CT molecular complexity index is 504. The average molecular weight is 227 g/mol. The molecule has 1 aromatic heterocycles. The molecule has 1 N–H and O–H groups in total. The Morgan fingerprint density at radius 2 is 1.88 bits per heavy atom. The minimum atomic E-state index is 0.560. The minimum absolute atomic E-state index is 0.560. The van der Waals surface area contributed by atoms with E-state index in [1.807, 2.05) is 30.5 Å². The predicted octanol–water partition coefficient (Wildman–Crippen LogP) is 3.37. The summed E-state index contributed by atoms with van der Waals surface area (Å²) in [5.41, 5.74) is 1.01. The van der Waals surface area contributed by atoms with Gasteiger partial charge in [0.2, 0.25) is 5.95 Å². The molecule has 0 amide bonds. The molecule has 17 heavy (non-hydrogen) atoms. The van der Waals surface area contributed by atoms with Gasteiger partial charge in [0.1, 0.15) is 0 Å². The molecule has 0 atom stereocenters. The van der Waals surface area contributed by atoms with Crippen molar-refractivity contribution < 1.29 is 0 Å². The number of hydrogen-bond donors (Lipinski definition) is 1. The number of nitrogens with one attached hydrogen (secondary N) is 1. The maximum atomic E-state index is 4.55. The smallest absolute Gasteiger partial charge is 0.223 e. The fourth-order valence-corrected chi connectivity index (χ4v) is 2.47. The molecule has 1 aromatic carbocycles. The summed E-state index contributed by atoms with van der Waals surface area (Å²) in [6.07, 6.45) is 8.41. The number of aromatic nitrogens is 2. The Labute approximate surface area is 101 Å². The average Bonchev–Trinajstić information content (AvgIpc) is 2.40. The molecule has 1 aliphatic carbocycles. The SMILES string of the molecule is c1ccc2nc(NC3CCCCC3)ncc2c1. The van der Waals surface area contributed by atoms with E-state index in [0.717, 1.165) is 16.9 Å². The fourth-order valence-electron chi connectivity index (χ4n) is 2.47. The molecule has 0 bridgehead atoms. The van der Waals surface area contributed by atoms with E-state index < -0.39 is 0 Å². The van der Waals surface area contributed by atoms with Gasteiger partial charge in [0.25, 0.3) is 0 Å². The first-order valence-corrected chi connectivity index (χ1v) is 6.40. The third-order valence-corrected chi connectivity index (χ3v) is 3.43. The zero-order chi connectivity index (χ0) is 11.5. The van der Waals surface area contributed by atoms with Crippen molar-refractivity contribution >= 4 is 16.9 Å². The number of fused-ring (bicyclic) bond motifs is 1. The van der Waals surface area contributed by atoms with Crippen LogP contribution in [0.2, 0.25) is 0 Å². The van der Waals surface area contributed by atoms with Crippen LogP contribution in [-0.4, -0.2) is 16.0 Å². The number of benzene rings is 1. The standard InChI is InChI=1S/C14H17N3/c1-2-7-12(8-3-1)16-14-15-10-11-6-4-5-9-13(11)17-14/h4-6,9-10,12H,1-3,7-8H2,(H,15,16,17). The van der Waals surface area contributed by atoms with Crippen LogP contribution >= 0.6 is 0 Å². The van der Waals surface area contributed by atoms with E-state index in [4.69, 9.17) is 0 Å². The molecule has 0 spiro atoms. The number of nitrogens with zero attached hydrogens (tertiary/aromatic N) is 2. The minimum Gasteiger partial charge on any atom is -0.351 e. The predicted molar refractivity (Wildman–Crippen MR) is 70.0 cm³/mol. The Balaban J connectivity index is 1.80. The van der Waals surface area contributed by atoms with Gasteiger partial charge in [-0.1, -0.05) is 37.5 Å². The lowest BCUT2D eigenvalue weighted by Crippen LogP contribution is -2.23. The summed E-state index contributed by atoms with van der Waals surface area (Å²) >= 11 is 0. The second-order valence-corrected chi connectivity index (χ2v) is 4.73. The molecule has 0 aliphatic heterocycles. The highest BCUT2D eigenvalue weighted by Crippen LogP contribution is 2.20. The number of anilines is 1. The molecular weight excluding hydrogens is 210 g/mol. The van der Waals surface area contributed by atoms with Gasteiger partial charge in [0.05, 0.1) is 5.52 Å². The van der Waals surface area contributed by atoms with E-state index in [0.29, 0.717) is 6.04 Å². The largest absolute Gasteiger partial charge is 0.351 e. The molecule has 1 fully saturated rings. The topological polar surface area (TPSA) is 37.8 Å². The van der Waals surface area contributed by atoms with Gasteiger partial charge in [-0.2, -0.15) is 0 Å². The zero-order valence-corrected chi connectivity index (χ0v) is 9.89. The zero-order valence-electron chi connectivity index (χ0n) is 9.89.